The molecule has 1 aromatic carbocycles. The van der Waals surface area contributed by atoms with Gasteiger partial charge in [0.1, 0.15) is 5.82 Å². The normalized spacial score (nSPS) is 14.4. The molecule has 0 bridgehead atoms. The summed E-state index contributed by atoms with van der Waals surface area (Å²) in [7, 11) is 2.17. The summed E-state index contributed by atoms with van der Waals surface area (Å²) in [6.45, 7) is 11.5. The monoisotopic (exact) mass is 294 g/mol. The first-order chi connectivity index (χ1) is 9.97. The Bertz CT molecular complexity index is 420. The van der Waals surface area contributed by atoms with Crippen molar-refractivity contribution in [1.82, 2.24) is 10.2 Å². The van der Waals surface area contributed by atoms with Gasteiger partial charge in [-0.2, -0.15) is 0 Å². The van der Waals surface area contributed by atoms with Crippen molar-refractivity contribution in [3.05, 3.63) is 35.1 Å². The SMILES string of the molecule is CCNC(CCN(C)CC(C)CC)c1ccc(C)c(F)c1. The second kappa shape index (κ2) is 9.16. The first-order valence-corrected chi connectivity index (χ1v) is 8.15. The van der Waals surface area contributed by atoms with Gasteiger partial charge >= 0.3 is 0 Å². The molecule has 2 nitrogen and oxygen atoms in total. The number of hydrogen-bond donors (Lipinski definition) is 1. The fraction of sp³-hybridized carbons (Fsp3) is 0.667. The Morgan fingerprint density at radius 1 is 1.29 bits per heavy atom. The van der Waals surface area contributed by atoms with Crippen molar-refractivity contribution in [2.75, 3.05) is 26.7 Å². The number of hydrogen-bond acceptors (Lipinski definition) is 2. The maximum absolute atomic E-state index is 13.8. The molecule has 0 saturated heterocycles. The van der Waals surface area contributed by atoms with Gasteiger partial charge in [0.2, 0.25) is 0 Å². The number of rotatable bonds is 9. The minimum absolute atomic E-state index is 0.108. The smallest absolute Gasteiger partial charge is 0.126 e. The molecule has 0 amide bonds. The highest BCUT2D eigenvalue weighted by Gasteiger charge is 2.13. The predicted molar refractivity (Wildman–Crippen MR) is 89.1 cm³/mol. The lowest BCUT2D eigenvalue weighted by molar-refractivity contribution is 0.266. The van der Waals surface area contributed by atoms with Crippen LogP contribution in [0, 0.1) is 18.7 Å². The zero-order valence-electron chi connectivity index (χ0n) is 14.2. The van der Waals surface area contributed by atoms with Crippen LogP contribution < -0.4 is 5.32 Å². The molecule has 0 fully saturated rings. The zero-order valence-corrected chi connectivity index (χ0v) is 14.2. The standard InChI is InChI=1S/C18H31FN2/c1-6-14(3)13-21(5)11-10-18(20-7-2)16-9-8-15(4)17(19)12-16/h8-9,12,14,18,20H,6-7,10-11,13H2,1-5H3. The van der Waals surface area contributed by atoms with Gasteiger partial charge < -0.3 is 10.2 Å². The number of benzene rings is 1. The van der Waals surface area contributed by atoms with E-state index < -0.39 is 0 Å². The Morgan fingerprint density at radius 3 is 2.57 bits per heavy atom. The van der Waals surface area contributed by atoms with Gasteiger partial charge in [-0.3, -0.25) is 0 Å². The highest BCUT2D eigenvalue weighted by atomic mass is 19.1. The summed E-state index contributed by atoms with van der Waals surface area (Å²) in [5, 5.41) is 3.47. The van der Waals surface area contributed by atoms with E-state index in [1.807, 2.05) is 12.1 Å². The average Bonchev–Trinajstić information content (AvgIpc) is 2.46. The molecule has 120 valence electrons. The highest BCUT2D eigenvalue weighted by molar-refractivity contribution is 5.25. The number of halogens is 1. The minimum Gasteiger partial charge on any atom is -0.310 e. The van der Waals surface area contributed by atoms with Crippen molar-refractivity contribution >= 4 is 0 Å². The van der Waals surface area contributed by atoms with Crippen LogP contribution in [0.2, 0.25) is 0 Å². The van der Waals surface area contributed by atoms with Crippen molar-refractivity contribution in [2.45, 2.75) is 46.6 Å². The lowest BCUT2D eigenvalue weighted by Crippen LogP contribution is -2.30. The Balaban J connectivity index is 2.62. The first-order valence-electron chi connectivity index (χ1n) is 8.15. The quantitative estimate of drug-likeness (QED) is 0.736. The van der Waals surface area contributed by atoms with Crippen LogP contribution in [0.15, 0.2) is 18.2 Å². The van der Waals surface area contributed by atoms with Gasteiger partial charge in [-0.15, -0.1) is 0 Å². The molecule has 2 unspecified atom stereocenters. The zero-order chi connectivity index (χ0) is 15.8. The van der Waals surface area contributed by atoms with Crippen LogP contribution in [0.1, 0.15) is 50.8 Å². The molecular weight excluding hydrogens is 263 g/mol. The van der Waals surface area contributed by atoms with E-state index in [2.05, 4.69) is 38.0 Å². The van der Waals surface area contributed by atoms with Crippen LogP contribution in [-0.4, -0.2) is 31.6 Å². The van der Waals surface area contributed by atoms with E-state index in [0.29, 0.717) is 5.56 Å². The lowest BCUT2D eigenvalue weighted by atomic mass is 10.0. The van der Waals surface area contributed by atoms with E-state index in [9.17, 15) is 4.39 Å². The molecule has 0 heterocycles. The summed E-state index contributed by atoms with van der Waals surface area (Å²) in [6, 6.07) is 5.82. The van der Waals surface area contributed by atoms with Crippen LogP contribution in [-0.2, 0) is 0 Å². The van der Waals surface area contributed by atoms with Gasteiger partial charge in [-0.1, -0.05) is 39.3 Å². The van der Waals surface area contributed by atoms with Crippen LogP contribution in [0.4, 0.5) is 4.39 Å². The van der Waals surface area contributed by atoms with E-state index >= 15 is 0 Å². The molecular formula is C18H31FN2. The Kier molecular flexibility index (Phi) is 7.91. The molecule has 1 rings (SSSR count). The maximum atomic E-state index is 13.8. The van der Waals surface area contributed by atoms with Crippen molar-refractivity contribution in [2.24, 2.45) is 5.92 Å². The van der Waals surface area contributed by atoms with Gasteiger partial charge in [0.15, 0.2) is 0 Å². The third kappa shape index (κ3) is 6.15. The molecule has 0 aliphatic rings. The van der Waals surface area contributed by atoms with Gasteiger partial charge in [0.25, 0.3) is 0 Å². The van der Waals surface area contributed by atoms with Crippen LogP contribution >= 0.6 is 0 Å². The molecule has 0 radical (unpaired) electrons. The molecule has 0 aliphatic heterocycles. The summed E-state index contributed by atoms with van der Waals surface area (Å²) in [5.41, 5.74) is 1.76. The van der Waals surface area contributed by atoms with Crippen LogP contribution in [0.5, 0.6) is 0 Å². The fourth-order valence-electron chi connectivity index (χ4n) is 2.56. The van der Waals surface area contributed by atoms with E-state index in [1.165, 1.54) is 6.42 Å². The van der Waals surface area contributed by atoms with E-state index in [-0.39, 0.29) is 11.9 Å². The summed E-state index contributed by atoms with van der Waals surface area (Å²) < 4.78 is 13.8. The summed E-state index contributed by atoms with van der Waals surface area (Å²) in [6.07, 6.45) is 2.22. The third-order valence-electron chi connectivity index (χ3n) is 4.17. The minimum atomic E-state index is -0.108. The van der Waals surface area contributed by atoms with Gasteiger partial charge in [-0.25, -0.2) is 4.39 Å². The molecule has 1 N–H and O–H groups in total. The Morgan fingerprint density at radius 2 is 2.00 bits per heavy atom. The summed E-state index contributed by atoms with van der Waals surface area (Å²) in [5.74, 6) is 0.618. The molecule has 0 aromatic heterocycles. The Labute approximate surface area is 129 Å². The molecule has 2 atom stereocenters. The predicted octanol–water partition coefficient (Wildman–Crippen LogP) is 4.15. The van der Waals surface area contributed by atoms with Crippen molar-refractivity contribution in [3.63, 3.8) is 0 Å². The average molecular weight is 294 g/mol. The Hall–Kier alpha value is -0.930. The second-order valence-corrected chi connectivity index (χ2v) is 6.18. The van der Waals surface area contributed by atoms with E-state index in [1.54, 1.807) is 13.0 Å². The summed E-state index contributed by atoms with van der Waals surface area (Å²) in [4.78, 5) is 2.38. The maximum Gasteiger partial charge on any atom is 0.126 e. The number of aryl methyl sites for hydroxylation is 1. The van der Waals surface area contributed by atoms with Crippen LogP contribution in [0.25, 0.3) is 0 Å². The molecule has 0 aliphatic carbocycles. The van der Waals surface area contributed by atoms with Crippen molar-refractivity contribution in [1.29, 1.82) is 0 Å². The van der Waals surface area contributed by atoms with Gasteiger partial charge in [-0.05, 0) is 56.6 Å². The molecule has 0 saturated carbocycles. The largest absolute Gasteiger partial charge is 0.310 e. The first kappa shape index (κ1) is 18.1. The van der Waals surface area contributed by atoms with E-state index in [4.69, 9.17) is 0 Å². The number of nitrogens with zero attached hydrogens (tertiary/aromatic N) is 1. The van der Waals surface area contributed by atoms with Crippen molar-refractivity contribution < 1.29 is 4.39 Å². The molecule has 0 spiro atoms. The third-order valence-corrected chi connectivity index (χ3v) is 4.17. The lowest BCUT2D eigenvalue weighted by Gasteiger charge is -2.24. The van der Waals surface area contributed by atoms with Gasteiger partial charge in [0.05, 0.1) is 0 Å². The van der Waals surface area contributed by atoms with E-state index in [0.717, 1.165) is 37.5 Å². The van der Waals surface area contributed by atoms with Crippen LogP contribution in [0.3, 0.4) is 0 Å². The fourth-order valence-corrected chi connectivity index (χ4v) is 2.56. The summed E-state index contributed by atoms with van der Waals surface area (Å²) >= 11 is 0. The van der Waals surface area contributed by atoms with Gasteiger partial charge in [0, 0.05) is 12.6 Å². The topological polar surface area (TPSA) is 15.3 Å². The highest BCUT2D eigenvalue weighted by Crippen LogP contribution is 2.20. The van der Waals surface area contributed by atoms with Crippen molar-refractivity contribution in [3.8, 4) is 0 Å². The molecule has 1 aromatic rings. The molecule has 3 heteroatoms. The molecule has 21 heavy (non-hydrogen) atoms. The second-order valence-electron chi connectivity index (χ2n) is 6.18. The number of nitrogens with one attached hydrogen (secondary N) is 1.